The number of ether oxygens (including phenoxy) is 1. The Bertz CT molecular complexity index is 758. The van der Waals surface area contributed by atoms with Crippen LogP contribution in [0.2, 0.25) is 0 Å². The molecule has 1 fully saturated rings. The second kappa shape index (κ2) is 12.2. The molecular formula is C23H37N5O3. The minimum absolute atomic E-state index is 0.239. The summed E-state index contributed by atoms with van der Waals surface area (Å²) in [5.74, 6) is 0.975. The summed E-state index contributed by atoms with van der Waals surface area (Å²) in [7, 11) is 0. The van der Waals surface area contributed by atoms with Crippen LogP contribution in [0.1, 0.15) is 58.1 Å². The predicted octanol–water partition coefficient (Wildman–Crippen LogP) is 2.78. The maximum atomic E-state index is 11.9. The Balaban J connectivity index is 1.78. The lowest BCUT2D eigenvalue weighted by atomic mass is 10.1. The minimum Gasteiger partial charge on any atom is -0.444 e. The molecule has 0 radical (unpaired) electrons. The van der Waals surface area contributed by atoms with Crippen molar-refractivity contribution in [2.45, 2.75) is 65.6 Å². The summed E-state index contributed by atoms with van der Waals surface area (Å²) in [5.41, 5.74) is 1.75. The molecule has 1 aromatic rings. The van der Waals surface area contributed by atoms with E-state index in [0.717, 1.165) is 43.0 Å². The highest BCUT2D eigenvalue weighted by Gasteiger charge is 2.20. The largest absolute Gasteiger partial charge is 0.444 e. The number of rotatable bonds is 9. The third-order valence-electron chi connectivity index (χ3n) is 4.61. The van der Waals surface area contributed by atoms with Crippen LogP contribution in [0.5, 0.6) is 0 Å². The summed E-state index contributed by atoms with van der Waals surface area (Å²) < 4.78 is 5.22. The lowest BCUT2D eigenvalue weighted by Gasteiger charge is -2.19. The summed E-state index contributed by atoms with van der Waals surface area (Å²) in [4.78, 5) is 30.1. The molecule has 3 N–H and O–H groups in total. The van der Waals surface area contributed by atoms with E-state index in [0.29, 0.717) is 32.6 Å². The van der Waals surface area contributed by atoms with E-state index in [9.17, 15) is 9.59 Å². The second-order valence-corrected chi connectivity index (χ2v) is 8.64. The monoisotopic (exact) mass is 431 g/mol. The molecule has 31 heavy (non-hydrogen) atoms. The lowest BCUT2D eigenvalue weighted by molar-refractivity contribution is -0.128. The summed E-state index contributed by atoms with van der Waals surface area (Å²) in [6, 6.07) is 8.24. The zero-order chi connectivity index (χ0) is 22.7. The van der Waals surface area contributed by atoms with E-state index in [1.807, 2.05) is 44.7 Å². The van der Waals surface area contributed by atoms with Gasteiger partial charge in [-0.2, -0.15) is 0 Å². The highest BCUT2D eigenvalue weighted by molar-refractivity contribution is 5.79. The van der Waals surface area contributed by atoms with E-state index in [1.165, 1.54) is 0 Å². The van der Waals surface area contributed by atoms with E-state index >= 15 is 0 Å². The average molecular weight is 432 g/mol. The van der Waals surface area contributed by atoms with E-state index in [-0.39, 0.29) is 5.91 Å². The number of benzene rings is 1. The average Bonchev–Trinajstić information content (AvgIpc) is 3.09. The van der Waals surface area contributed by atoms with Gasteiger partial charge in [-0.25, -0.2) is 9.79 Å². The number of nitrogens with one attached hydrogen (secondary N) is 3. The molecule has 0 aromatic heterocycles. The Morgan fingerprint density at radius 2 is 1.90 bits per heavy atom. The zero-order valence-electron chi connectivity index (χ0n) is 19.3. The number of nitrogens with zero attached hydrogens (tertiary/aromatic N) is 2. The normalized spacial score (nSPS) is 14.5. The summed E-state index contributed by atoms with van der Waals surface area (Å²) >= 11 is 0. The number of hydrogen-bond acceptors (Lipinski definition) is 4. The molecule has 0 saturated carbocycles. The minimum atomic E-state index is -0.492. The van der Waals surface area contributed by atoms with Crippen molar-refractivity contribution in [1.29, 1.82) is 0 Å². The van der Waals surface area contributed by atoms with Crippen LogP contribution in [0.25, 0.3) is 0 Å². The Labute approximate surface area is 185 Å². The number of amides is 2. The molecule has 0 atom stereocenters. The number of alkyl carbamates (subject to hydrolysis) is 1. The van der Waals surface area contributed by atoms with Gasteiger partial charge in [0.05, 0.1) is 6.54 Å². The first-order valence-electron chi connectivity index (χ1n) is 11.1. The first-order chi connectivity index (χ1) is 14.8. The van der Waals surface area contributed by atoms with Crippen LogP contribution in [0, 0.1) is 0 Å². The topological polar surface area (TPSA) is 95.1 Å². The fourth-order valence-corrected chi connectivity index (χ4v) is 3.23. The maximum absolute atomic E-state index is 11.9. The van der Waals surface area contributed by atoms with Gasteiger partial charge in [0.2, 0.25) is 5.91 Å². The molecule has 8 nitrogen and oxygen atoms in total. The molecule has 2 amide bonds. The van der Waals surface area contributed by atoms with Gasteiger partial charge in [0.25, 0.3) is 0 Å². The van der Waals surface area contributed by atoms with Crippen LogP contribution >= 0.6 is 0 Å². The summed E-state index contributed by atoms with van der Waals surface area (Å²) in [6.45, 7) is 11.6. The van der Waals surface area contributed by atoms with Gasteiger partial charge >= 0.3 is 6.09 Å². The summed E-state index contributed by atoms with van der Waals surface area (Å²) in [5, 5.41) is 9.27. The quantitative estimate of drug-likeness (QED) is 0.317. The molecule has 0 aliphatic carbocycles. The number of hydrogen-bond donors (Lipinski definition) is 3. The van der Waals surface area contributed by atoms with Crippen molar-refractivity contribution in [2.24, 2.45) is 4.99 Å². The highest BCUT2D eigenvalue weighted by Crippen LogP contribution is 2.15. The number of carbonyl (C=O) groups is 2. The molecule has 1 aliphatic rings. The van der Waals surface area contributed by atoms with Gasteiger partial charge < -0.3 is 25.6 Å². The third-order valence-corrected chi connectivity index (χ3v) is 4.61. The second-order valence-electron chi connectivity index (χ2n) is 8.64. The van der Waals surface area contributed by atoms with Gasteiger partial charge in [-0.15, -0.1) is 0 Å². The van der Waals surface area contributed by atoms with Crippen molar-refractivity contribution in [3.05, 3.63) is 35.4 Å². The van der Waals surface area contributed by atoms with Gasteiger partial charge in [-0.3, -0.25) is 4.79 Å². The van der Waals surface area contributed by atoms with E-state index in [1.54, 1.807) is 0 Å². The zero-order valence-corrected chi connectivity index (χ0v) is 19.3. The molecule has 8 heteroatoms. The number of aliphatic imine (C=N–C) groups is 1. The van der Waals surface area contributed by atoms with Gasteiger partial charge in [0.1, 0.15) is 5.60 Å². The third kappa shape index (κ3) is 9.72. The van der Waals surface area contributed by atoms with Crippen molar-refractivity contribution >= 4 is 18.0 Å². The first-order valence-corrected chi connectivity index (χ1v) is 11.1. The Hall–Kier alpha value is -2.77. The molecule has 1 heterocycles. The van der Waals surface area contributed by atoms with Gasteiger partial charge in [-0.1, -0.05) is 24.3 Å². The number of guanidine groups is 1. The van der Waals surface area contributed by atoms with Gasteiger partial charge in [-0.05, 0) is 51.7 Å². The van der Waals surface area contributed by atoms with Crippen LogP contribution in [0.4, 0.5) is 4.79 Å². The molecule has 1 aromatic carbocycles. The molecule has 0 bridgehead atoms. The van der Waals surface area contributed by atoms with Gasteiger partial charge in [0.15, 0.2) is 5.96 Å². The van der Waals surface area contributed by atoms with E-state index in [4.69, 9.17) is 4.74 Å². The van der Waals surface area contributed by atoms with Crippen molar-refractivity contribution < 1.29 is 14.3 Å². The fraction of sp³-hybridized carbons (Fsp3) is 0.609. The molecule has 1 saturated heterocycles. The SMILES string of the molecule is CCNC(=NCc1cccc(CN2CCCC2=O)c1)NCCCNC(=O)OC(C)(C)C. The molecule has 2 rings (SSSR count). The van der Waals surface area contributed by atoms with Crippen molar-refractivity contribution in [3.63, 3.8) is 0 Å². The lowest BCUT2D eigenvalue weighted by Crippen LogP contribution is -2.39. The van der Waals surface area contributed by atoms with Crippen molar-refractivity contribution in [3.8, 4) is 0 Å². The maximum Gasteiger partial charge on any atom is 0.407 e. The molecule has 172 valence electrons. The van der Waals surface area contributed by atoms with Crippen LogP contribution in [0.3, 0.4) is 0 Å². The van der Waals surface area contributed by atoms with Crippen molar-refractivity contribution in [1.82, 2.24) is 20.9 Å². The first kappa shape index (κ1) is 24.5. The van der Waals surface area contributed by atoms with Crippen LogP contribution in [0.15, 0.2) is 29.3 Å². The molecular weight excluding hydrogens is 394 g/mol. The standard InChI is InChI=1S/C23H37N5O3/c1-5-24-21(25-12-8-13-26-22(30)31-23(2,3)4)27-16-18-9-6-10-19(15-18)17-28-14-7-11-20(28)29/h6,9-10,15H,5,7-8,11-14,16-17H2,1-4H3,(H,26,30)(H2,24,25,27). The summed E-state index contributed by atoms with van der Waals surface area (Å²) in [6.07, 6.45) is 1.97. The molecule has 1 aliphatic heterocycles. The highest BCUT2D eigenvalue weighted by atomic mass is 16.6. The molecule has 0 spiro atoms. The Kier molecular flexibility index (Phi) is 9.62. The van der Waals surface area contributed by atoms with Crippen LogP contribution < -0.4 is 16.0 Å². The van der Waals surface area contributed by atoms with E-state index < -0.39 is 11.7 Å². The molecule has 0 unspecified atom stereocenters. The number of likely N-dealkylation sites (tertiary alicyclic amines) is 1. The van der Waals surface area contributed by atoms with Crippen molar-refractivity contribution in [2.75, 3.05) is 26.2 Å². The Morgan fingerprint density at radius 3 is 2.58 bits per heavy atom. The van der Waals surface area contributed by atoms with Crippen LogP contribution in [-0.2, 0) is 22.6 Å². The smallest absolute Gasteiger partial charge is 0.407 e. The Morgan fingerprint density at radius 1 is 1.16 bits per heavy atom. The predicted molar refractivity (Wildman–Crippen MR) is 123 cm³/mol. The fourth-order valence-electron chi connectivity index (χ4n) is 3.23. The van der Waals surface area contributed by atoms with Crippen LogP contribution in [-0.4, -0.2) is 54.6 Å². The van der Waals surface area contributed by atoms with Gasteiger partial charge in [0, 0.05) is 39.1 Å². The van der Waals surface area contributed by atoms with E-state index in [2.05, 4.69) is 33.1 Å². The number of carbonyl (C=O) groups excluding carboxylic acids is 2.